The third-order valence-electron chi connectivity index (χ3n) is 2.29. The van der Waals surface area contributed by atoms with Crippen molar-refractivity contribution in [2.75, 3.05) is 5.43 Å². The van der Waals surface area contributed by atoms with Gasteiger partial charge in [0.1, 0.15) is 22.5 Å². The molecule has 8 heteroatoms. The highest BCUT2D eigenvalue weighted by Crippen LogP contribution is 2.32. The molecule has 2 aromatic rings. The minimum Gasteiger partial charge on any atom is -0.308 e. The highest BCUT2D eigenvalue weighted by Gasteiger charge is 2.12. The SMILES string of the molecule is CCc1nc(NN)c(C)c(Sc2nc(C)ns2)n1. The first-order valence-corrected chi connectivity index (χ1v) is 7.05. The Kier molecular flexibility index (Phi) is 4.10. The van der Waals surface area contributed by atoms with Crippen molar-refractivity contribution in [2.45, 2.75) is 36.6 Å². The van der Waals surface area contributed by atoms with Crippen LogP contribution in [0.15, 0.2) is 9.37 Å². The number of aryl methyl sites for hydroxylation is 2. The molecule has 2 aromatic heterocycles. The van der Waals surface area contributed by atoms with Crippen LogP contribution in [0.4, 0.5) is 5.82 Å². The van der Waals surface area contributed by atoms with Gasteiger partial charge in [-0.15, -0.1) is 0 Å². The second-order valence-corrected chi connectivity index (χ2v) is 5.61. The summed E-state index contributed by atoms with van der Waals surface area (Å²) in [7, 11) is 0. The van der Waals surface area contributed by atoms with E-state index in [1.54, 1.807) is 0 Å². The lowest BCUT2D eigenvalue weighted by atomic mass is 10.3. The summed E-state index contributed by atoms with van der Waals surface area (Å²) in [6.45, 7) is 5.82. The topological polar surface area (TPSA) is 89.6 Å². The largest absolute Gasteiger partial charge is 0.308 e. The van der Waals surface area contributed by atoms with E-state index in [2.05, 4.69) is 24.8 Å². The van der Waals surface area contributed by atoms with Gasteiger partial charge in [-0.25, -0.2) is 20.8 Å². The van der Waals surface area contributed by atoms with Crippen LogP contribution in [0.1, 0.15) is 24.1 Å². The Hall–Kier alpha value is -1.25. The molecule has 2 heterocycles. The summed E-state index contributed by atoms with van der Waals surface area (Å²) in [5, 5.41) is 0.867. The van der Waals surface area contributed by atoms with Crippen LogP contribution < -0.4 is 11.3 Å². The van der Waals surface area contributed by atoms with Gasteiger partial charge in [0.2, 0.25) is 0 Å². The number of hydrazine groups is 1. The predicted octanol–water partition coefficient (Wildman–Crippen LogP) is 1.94. The van der Waals surface area contributed by atoms with Gasteiger partial charge in [0.05, 0.1) is 0 Å². The molecule has 0 radical (unpaired) electrons. The molecule has 0 amide bonds. The zero-order valence-corrected chi connectivity index (χ0v) is 12.0. The molecule has 3 N–H and O–H groups in total. The molecule has 0 aliphatic rings. The van der Waals surface area contributed by atoms with Crippen LogP contribution in [-0.2, 0) is 6.42 Å². The number of rotatable bonds is 4. The van der Waals surface area contributed by atoms with Gasteiger partial charge in [-0.1, -0.05) is 6.92 Å². The van der Waals surface area contributed by atoms with Crippen LogP contribution in [0.25, 0.3) is 0 Å². The Morgan fingerprint density at radius 2 is 2.06 bits per heavy atom. The van der Waals surface area contributed by atoms with Crippen molar-refractivity contribution in [1.29, 1.82) is 0 Å². The van der Waals surface area contributed by atoms with Gasteiger partial charge in [-0.2, -0.15) is 4.37 Å². The highest BCUT2D eigenvalue weighted by molar-refractivity contribution is 8.00. The van der Waals surface area contributed by atoms with E-state index < -0.39 is 0 Å². The van der Waals surface area contributed by atoms with Gasteiger partial charge >= 0.3 is 0 Å². The molecule has 0 saturated heterocycles. The lowest BCUT2D eigenvalue weighted by Crippen LogP contribution is -2.13. The average Bonchev–Trinajstić information content (AvgIpc) is 2.77. The van der Waals surface area contributed by atoms with Crippen LogP contribution in [-0.4, -0.2) is 19.3 Å². The number of hydrogen-bond donors (Lipinski definition) is 2. The summed E-state index contributed by atoms with van der Waals surface area (Å²) >= 11 is 2.86. The summed E-state index contributed by atoms with van der Waals surface area (Å²) in [5.74, 6) is 7.66. The lowest BCUT2D eigenvalue weighted by Gasteiger charge is -2.09. The maximum absolute atomic E-state index is 5.47. The van der Waals surface area contributed by atoms with Crippen molar-refractivity contribution in [3.8, 4) is 0 Å². The molecule has 0 atom stereocenters. The van der Waals surface area contributed by atoms with E-state index in [4.69, 9.17) is 5.84 Å². The van der Waals surface area contributed by atoms with Crippen LogP contribution in [0.3, 0.4) is 0 Å². The molecule has 18 heavy (non-hydrogen) atoms. The van der Waals surface area contributed by atoms with E-state index in [1.165, 1.54) is 23.3 Å². The summed E-state index contributed by atoms with van der Waals surface area (Å²) in [6, 6.07) is 0. The Balaban J connectivity index is 2.36. The third-order valence-corrected chi connectivity index (χ3v) is 4.23. The fourth-order valence-corrected chi connectivity index (χ4v) is 3.01. The van der Waals surface area contributed by atoms with Crippen LogP contribution in [0.2, 0.25) is 0 Å². The lowest BCUT2D eigenvalue weighted by molar-refractivity contribution is 0.871. The van der Waals surface area contributed by atoms with E-state index in [9.17, 15) is 0 Å². The van der Waals surface area contributed by atoms with Crippen molar-refractivity contribution in [3.63, 3.8) is 0 Å². The average molecular weight is 282 g/mol. The number of anilines is 1. The number of nitrogens with one attached hydrogen (secondary N) is 1. The van der Waals surface area contributed by atoms with Gasteiger partial charge in [0.15, 0.2) is 4.34 Å². The quantitative estimate of drug-likeness (QED) is 0.503. The smallest absolute Gasteiger partial charge is 0.176 e. The normalized spacial score (nSPS) is 10.7. The first-order valence-electron chi connectivity index (χ1n) is 5.46. The number of nitrogens with two attached hydrogens (primary N) is 1. The fourth-order valence-electron chi connectivity index (χ4n) is 1.34. The molecule has 0 spiro atoms. The van der Waals surface area contributed by atoms with Crippen molar-refractivity contribution >= 4 is 29.1 Å². The van der Waals surface area contributed by atoms with E-state index in [1.807, 2.05) is 20.8 Å². The second kappa shape index (κ2) is 5.59. The first kappa shape index (κ1) is 13.2. The molecule has 96 valence electrons. The molecule has 0 aromatic carbocycles. The molecular formula is C10H14N6S2. The molecule has 0 unspecified atom stereocenters. The van der Waals surface area contributed by atoms with E-state index in [0.717, 1.165) is 33.0 Å². The standard InChI is InChI=1S/C10H14N6S2/c1-4-7-13-8(15-11)5(2)9(14-7)17-10-12-6(3)16-18-10/h4,11H2,1-3H3,(H,13,14,15). The number of hydrogen-bond acceptors (Lipinski definition) is 8. The van der Waals surface area contributed by atoms with Crippen molar-refractivity contribution in [1.82, 2.24) is 19.3 Å². The molecule has 0 fully saturated rings. The summed E-state index contributed by atoms with van der Waals surface area (Å²) in [6.07, 6.45) is 0.762. The van der Waals surface area contributed by atoms with E-state index in [-0.39, 0.29) is 0 Å². The Bertz CT molecular complexity index is 553. The van der Waals surface area contributed by atoms with Crippen molar-refractivity contribution in [2.24, 2.45) is 5.84 Å². The second-order valence-electron chi connectivity index (χ2n) is 3.63. The Morgan fingerprint density at radius 3 is 2.61 bits per heavy atom. The summed E-state index contributed by atoms with van der Waals surface area (Å²) < 4.78 is 5.03. The van der Waals surface area contributed by atoms with Crippen LogP contribution in [0.5, 0.6) is 0 Å². The predicted molar refractivity (Wildman–Crippen MR) is 72.7 cm³/mol. The van der Waals surface area contributed by atoms with Crippen molar-refractivity contribution in [3.05, 3.63) is 17.2 Å². The highest BCUT2D eigenvalue weighted by atomic mass is 32.2. The molecular weight excluding hydrogens is 268 g/mol. The van der Waals surface area contributed by atoms with Crippen LogP contribution in [0, 0.1) is 13.8 Å². The van der Waals surface area contributed by atoms with Crippen molar-refractivity contribution < 1.29 is 0 Å². The minimum absolute atomic E-state index is 0.658. The number of nitrogen functional groups attached to an aromatic ring is 1. The van der Waals surface area contributed by atoms with E-state index in [0.29, 0.717) is 5.82 Å². The van der Waals surface area contributed by atoms with Crippen LogP contribution >= 0.6 is 23.3 Å². The number of nitrogens with zero attached hydrogens (tertiary/aromatic N) is 4. The number of aromatic nitrogens is 4. The molecule has 0 aliphatic carbocycles. The molecule has 0 bridgehead atoms. The Morgan fingerprint density at radius 1 is 1.28 bits per heavy atom. The summed E-state index contributed by atoms with van der Waals surface area (Å²) in [5.41, 5.74) is 3.53. The van der Waals surface area contributed by atoms with Gasteiger partial charge in [-0.3, -0.25) is 0 Å². The maximum atomic E-state index is 5.47. The Labute approximate surface area is 114 Å². The third kappa shape index (κ3) is 2.77. The molecule has 2 rings (SSSR count). The minimum atomic E-state index is 0.658. The monoisotopic (exact) mass is 282 g/mol. The fraction of sp³-hybridized carbons (Fsp3) is 0.400. The molecule has 6 nitrogen and oxygen atoms in total. The van der Waals surface area contributed by atoms with Gasteiger partial charge in [-0.05, 0) is 37.1 Å². The molecule has 0 saturated carbocycles. The first-order chi connectivity index (χ1) is 8.63. The maximum Gasteiger partial charge on any atom is 0.176 e. The van der Waals surface area contributed by atoms with Gasteiger partial charge < -0.3 is 5.43 Å². The van der Waals surface area contributed by atoms with Gasteiger partial charge in [0.25, 0.3) is 0 Å². The van der Waals surface area contributed by atoms with Gasteiger partial charge in [0, 0.05) is 12.0 Å². The summed E-state index contributed by atoms with van der Waals surface area (Å²) in [4.78, 5) is 13.1. The molecule has 0 aliphatic heterocycles. The van der Waals surface area contributed by atoms with E-state index >= 15 is 0 Å². The zero-order valence-electron chi connectivity index (χ0n) is 10.4. The zero-order chi connectivity index (χ0) is 13.1.